The van der Waals surface area contributed by atoms with E-state index in [1.54, 1.807) is 6.20 Å². The van der Waals surface area contributed by atoms with Crippen molar-refractivity contribution in [3.8, 4) is 0 Å². The van der Waals surface area contributed by atoms with Crippen LogP contribution in [0.5, 0.6) is 0 Å². The fraction of sp³-hybridized carbons (Fsp3) is 0.375. The van der Waals surface area contributed by atoms with Crippen LogP contribution >= 0.6 is 0 Å². The second-order valence-electron chi connectivity index (χ2n) is 2.50. The van der Waals surface area contributed by atoms with Gasteiger partial charge in [0.25, 0.3) is 0 Å². The van der Waals surface area contributed by atoms with Gasteiger partial charge in [-0.1, -0.05) is 0 Å². The second-order valence-corrected chi connectivity index (χ2v) is 3.74. The van der Waals surface area contributed by atoms with Gasteiger partial charge in [-0.3, -0.25) is 9.17 Å². The summed E-state index contributed by atoms with van der Waals surface area (Å²) in [5, 5.41) is 0. The lowest BCUT2D eigenvalue weighted by Gasteiger charge is -2.02. The molecule has 1 aromatic heterocycles. The van der Waals surface area contributed by atoms with Crippen LogP contribution in [-0.2, 0) is 15.3 Å². The van der Waals surface area contributed by atoms with Gasteiger partial charge in [-0.25, -0.2) is 4.21 Å². The van der Waals surface area contributed by atoms with Gasteiger partial charge in [0.15, 0.2) is 11.1 Å². The molecule has 1 rings (SSSR count). The van der Waals surface area contributed by atoms with E-state index in [2.05, 4.69) is 4.98 Å². The molecule has 3 nitrogen and oxygen atoms in total. The number of pyridine rings is 1. The Morgan fingerprint density at radius 2 is 2.17 bits per heavy atom. The zero-order valence-electron chi connectivity index (χ0n) is 7.33. The lowest BCUT2D eigenvalue weighted by Crippen LogP contribution is -1.98. The molecule has 1 heterocycles. The molecule has 4 heteroatoms. The molecular formula is C8H11NO2S. The highest BCUT2D eigenvalue weighted by molar-refractivity contribution is 7.80. The van der Waals surface area contributed by atoms with Gasteiger partial charge < -0.3 is 0 Å². The van der Waals surface area contributed by atoms with Gasteiger partial charge in [0.05, 0.1) is 17.7 Å². The molecule has 0 N–H and O–H groups in total. The van der Waals surface area contributed by atoms with Gasteiger partial charge in [0.1, 0.15) is 0 Å². The zero-order chi connectivity index (χ0) is 9.14. The Morgan fingerprint density at radius 3 is 2.75 bits per heavy atom. The van der Waals surface area contributed by atoms with Crippen LogP contribution in [0.25, 0.3) is 0 Å². The van der Waals surface area contributed by atoms with E-state index in [1.165, 1.54) is 7.11 Å². The normalized spacial score (nSPS) is 12.9. The van der Waals surface area contributed by atoms with E-state index in [-0.39, 0.29) is 0 Å². The van der Waals surface area contributed by atoms with Crippen LogP contribution in [0.1, 0.15) is 11.3 Å². The highest BCUT2D eigenvalue weighted by Gasteiger charge is 2.06. The molecule has 0 radical (unpaired) electrons. The molecule has 0 amide bonds. The highest BCUT2D eigenvalue weighted by Crippen LogP contribution is 2.12. The quantitative estimate of drug-likeness (QED) is 0.698. The van der Waals surface area contributed by atoms with Crippen molar-refractivity contribution in [2.24, 2.45) is 0 Å². The molecule has 1 aromatic rings. The third kappa shape index (κ3) is 1.89. The first-order valence-electron chi connectivity index (χ1n) is 3.54. The summed E-state index contributed by atoms with van der Waals surface area (Å²) in [4.78, 5) is 4.73. The third-order valence-electron chi connectivity index (χ3n) is 1.51. The van der Waals surface area contributed by atoms with Gasteiger partial charge in [-0.15, -0.1) is 0 Å². The Balaban J connectivity index is 3.13. The van der Waals surface area contributed by atoms with Crippen LogP contribution in [0.15, 0.2) is 17.2 Å². The van der Waals surface area contributed by atoms with Crippen molar-refractivity contribution in [2.75, 3.05) is 7.11 Å². The first kappa shape index (κ1) is 9.35. The first-order valence-corrected chi connectivity index (χ1v) is 4.62. The lowest BCUT2D eigenvalue weighted by atomic mass is 10.3. The average molecular weight is 185 g/mol. The molecule has 12 heavy (non-hydrogen) atoms. The highest BCUT2D eigenvalue weighted by atomic mass is 32.2. The van der Waals surface area contributed by atoms with Gasteiger partial charge in [-0.2, -0.15) is 0 Å². The van der Waals surface area contributed by atoms with Crippen molar-refractivity contribution in [2.45, 2.75) is 18.7 Å². The number of hydrogen-bond acceptors (Lipinski definition) is 3. The summed E-state index contributed by atoms with van der Waals surface area (Å²) in [6, 6.07) is 1.82. The topological polar surface area (TPSA) is 39.2 Å². The van der Waals surface area contributed by atoms with E-state index in [1.807, 2.05) is 19.9 Å². The van der Waals surface area contributed by atoms with Gasteiger partial charge in [0.2, 0.25) is 0 Å². The number of aromatic nitrogens is 1. The van der Waals surface area contributed by atoms with Crippen molar-refractivity contribution in [3.63, 3.8) is 0 Å². The van der Waals surface area contributed by atoms with Crippen LogP contribution in [0.3, 0.4) is 0 Å². The van der Waals surface area contributed by atoms with E-state index in [0.29, 0.717) is 4.90 Å². The molecular weight excluding hydrogens is 174 g/mol. The minimum absolute atomic E-state index is 0.650. The molecule has 1 atom stereocenters. The fourth-order valence-electron chi connectivity index (χ4n) is 0.869. The molecule has 0 aromatic carbocycles. The molecule has 1 unspecified atom stereocenters. The SMILES string of the molecule is COS(=O)c1cc(C)cnc1C. The molecule has 0 bridgehead atoms. The standard InChI is InChI=1S/C8H11NO2S/c1-6-4-8(12(10)11-3)7(2)9-5-6/h4-5H,1-3H3. The van der Waals surface area contributed by atoms with Crippen LogP contribution in [0.4, 0.5) is 0 Å². The smallest absolute Gasteiger partial charge is 0.190 e. The number of nitrogens with zero attached hydrogens (tertiary/aromatic N) is 1. The summed E-state index contributed by atoms with van der Waals surface area (Å²) in [6.07, 6.45) is 1.74. The number of rotatable bonds is 2. The molecule has 0 aliphatic carbocycles. The molecule has 0 fully saturated rings. The Bertz CT molecular complexity index is 312. The summed E-state index contributed by atoms with van der Waals surface area (Å²) in [6.45, 7) is 3.72. The maximum atomic E-state index is 11.2. The lowest BCUT2D eigenvalue weighted by molar-refractivity contribution is 0.445. The summed E-state index contributed by atoms with van der Waals surface area (Å²) < 4.78 is 15.9. The van der Waals surface area contributed by atoms with Gasteiger partial charge >= 0.3 is 0 Å². The average Bonchev–Trinajstić information content (AvgIpc) is 2.08. The van der Waals surface area contributed by atoms with E-state index < -0.39 is 11.1 Å². The van der Waals surface area contributed by atoms with E-state index >= 15 is 0 Å². The Labute approximate surface area is 74.4 Å². The second kappa shape index (κ2) is 3.78. The molecule has 0 saturated heterocycles. The van der Waals surface area contributed by atoms with E-state index in [9.17, 15) is 4.21 Å². The van der Waals surface area contributed by atoms with Crippen molar-refractivity contribution in [1.82, 2.24) is 4.98 Å². The van der Waals surface area contributed by atoms with Crippen LogP contribution in [-0.4, -0.2) is 16.3 Å². The minimum Gasteiger partial charge on any atom is -0.290 e. The molecule has 0 spiro atoms. The van der Waals surface area contributed by atoms with Crippen LogP contribution in [0, 0.1) is 13.8 Å². The van der Waals surface area contributed by atoms with E-state index in [0.717, 1.165) is 11.3 Å². The van der Waals surface area contributed by atoms with Crippen LogP contribution in [0.2, 0.25) is 0 Å². The number of aryl methyl sites for hydroxylation is 2. The summed E-state index contributed by atoms with van der Waals surface area (Å²) in [5.41, 5.74) is 1.74. The minimum atomic E-state index is -1.37. The molecule has 0 saturated carbocycles. The summed E-state index contributed by atoms with van der Waals surface area (Å²) in [7, 11) is 1.41. The predicted molar refractivity (Wildman–Crippen MR) is 47.1 cm³/mol. The summed E-state index contributed by atoms with van der Waals surface area (Å²) >= 11 is -1.37. The maximum Gasteiger partial charge on any atom is 0.190 e. The number of hydrogen-bond donors (Lipinski definition) is 0. The predicted octanol–water partition coefficient (Wildman–Crippen LogP) is 1.37. The fourth-order valence-corrected chi connectivity index (χ4v) is 1.62. The third-order valence-corrected chi connectivity index (χ3v) is 2.58. The molecule has 0 aliphatic heterocycles. The maximum absolute atomic E-state index is 11.2. The Hall–Kier alpha value is -0.740. The van der Waals surface area contributed by atoms with E-state index in [4.69, 9.17) is 4.18 Å². The van der Waals surface area contributed by atoms with Gasteiger partial charge in [0, 0.05) is 6.20 Å². The summed E-state index contributed by atoms with van der Waals surface area (Å²) in [5.74, 6) is 0. The van der Waals surface area contributed by atoms with Gasteiger partial charge in [-0.05, 0) is 25.5 Å². The largest absolute Gasteiger partial charge is 0.290 e. The van der Waals surface area contributed by atoms with Crippen molar-refractivity contribution >= 4 is 11.1 Å². The Kier molecular flexibility index (Phi) is 2.94. The zero-order valence-corrected chi connectivity index (χ0v) is 8.14. The van der Waals surface area contributed by atoms with Crippen molar-refractivity contribution in [1.29, 1.82) is 0 Å². The Morgan fingerprint density at radius 1 is 1.50 bits per heavy atom. The van der Waals surface area contributed by atoms with Crippen molar-refractivity contribution in [3.05, 3.63) is 23.5 Å². The molecule has 0 aliphatic rings. The first-order chi connectivity index (χ1) is 5.65. The van der Waals surface area contributed by atoms with Crippen LogP contribution < -0.4 is 0 Å². The van der Waals surface area contributed by atoms with Crippen molar-refractivity contribution < 1.29 is 8.39 Å². The monoisotopic (exact) mass is 185 g/mol. The molecule has 66 valence electrons.